The fraction of sp³-hybridized carbons (Fsp3) is 0.281. The summed E-state index contributed by atoms with van der Waals surface area (Å²) in [5.41, 5.74) is 0.967. The van der Waals surface area contributed by atoms with E-state index >= 15 is 0 Å². The molecule has 2 amide bonds. The zero-order chi connectivity index (χ0) is 28.6. The SMILES string of the molecule is CC(=O)Oc1ccc(N2C(=O)[C@H]3[C@H](CC(C)C)N[C@]4(c5ccccc5-n5c4nc4ccccc4c5=O)[C@H]3C2=O)cc1. The Morgan fingerprint density at radius 1 is 0.976 bits per heavy atom. The van der Waals surface area contributed by atoms with Gasteiger partial charge in [0.2, 0.25) is 11.8 Å². The highest BCUT2D eigenvalue weighted by Crippen LogP contribution is 2.56. The van der Waals surface area contributed by atoms with Crippen molar-refractivity contribution >= 4 is 34.4 Å². The number of carbonyl (C=O) groups is 3. The van der Waals surface area contributed by atoms with Gasteiger partial charge in [0.25, 0.3) is 5.56 Å². The molecule has 3 aromatic carbocycles. The third-order valence-corrected chi connectivity index (χ3v) is 8.44. The molecule has 0 radical (unpaired) electrons. The van der Waals surface area contributed by atoms with E-state index in [1.165, 1.54) is 11.8 Å². The number of esters is 1. The van der Waals surface area contributed by atoms with E-state index in [0.29, 0.717) is 40.3 Å². The number of imide groups is 1. The van der Waals surface area contributed by atoms with Gasteiger partial charge >= 0.3 is 5.97 Å². The van der Waals surface area contributed by atoms with Gasteiger partial charge in [0.15, 0.2) is 0 Å². The third kappa shape index (κ3) is 3.48. The van der Waals surface area contributed by atoms with E-state index in [-0.39, 0.29) is 29.3 Å². The average molecular weight is 549 g/mol. The molecule has 0 aliphatic carbocycles. The lowest BCUT2D eigenvalue weighted by molar-refractivity contribution is -0.132. The average Bonchev–Trinajstić information content (AvgIpc) is 3.52. The molecule has 9 nitrogen and oxygen atoms in total. The van der Waals surface area contributed by atoms with Crippen molar-refractivity contribution in [2.45, 2.75) is 38.8 Å². The van der Waals surface area contributed by atoms with Crippen LogP contribution in [0.15, 0.2) is 77.6 Å². The fourth-order valence-corrected chi connectivity index (χ4v) is 7.01. The van der Waals surface area contributed by atoms with Crippen LogP contribution in [0.2, 0.25) is 0 Å². The number of ether oxygens (including phenoxy) is 1. The second-order valence-corrected chi connectivity index (χ2v) is 11.4. The summed E-state index contributed by atoms with van der Waals surface area (Å²) in [7, 11) is 0. The molecule has 7 rings (SSSR count). The molecule has 1 N–H and O–H groups in total. The van der Waals surface area contributed by atoms with Crippen molar-refractivity contribution in [1.29, 1.82) is 0 Å². The normalized spacial score (nSPS) is 24.3. The summed E-state index contributed by atoms with van der Waals surface area (Å²) in [6.07, 6.45) is 0.654. The minimum absolute atomic E-state index is 0.213. The van der Waals surface area contributed by atoms with Crippen molar-refractivity contribution in [2.24, 2.45) is 17.8 Å². The van der Waals surface area contributed by atoms with Crippen LogP contribution >= 0.6 is 0 Å². The van der Waals surface area contributed by atoms with Gasteiger partial charge in [-0.15, -0.1) is 0 Å². The van der Waals surface area contributed by atoms with Crippen LogP contribution in [0.1, 0.15) is 38.6 Å². The van der Waals surface area contributed by atoms with Crippen LogP contribution in [0, 0.1) is 17.8 Å². The van der Waals surface area contributed by atoms with Crippen LogP contribution in [0.3, 0.4) is 0 Å². The summed E-state index contributed by atoms with van der Waals surface area (Å²) in [5.74, 6) is -1.61. The largest absolute Gasteiger partial charge is 0.427 e. The number of fused-ring (bicyclic) bond motifs is 8. The molecule has 3 aliphatic heterocycles. The molecule has 0 unspecified atom stereocenters. The van der Waals surface area contributed by atoms with Gasteiger partial charge < -0.3 is 4.74 Å². The van der Waals surface area contributed by atoms with Gasteiger partial charge in [-0.3, -0.25) is 29.1 Å². The number of anilines is 1. The van der Waals surface area contributed by atoms with E-state index in [0.717, 1.165) is 5.56 Å². The summed E-state index contributed by atoms with van der Waals surface area (Å²) < 4.78 is 6.75. The number of nitrogens with one attached hydrogen (secondary N) is 1. The van der Waals surface area contributed by atoms with E-state index in [9.17, 15) is 19.2 Å². The standard InChI is InChI=1S/C32H28N4O5/c1-17(2)16-24-26-27(30(40)35(29(26)39)19-12-14-20(15-13-19)41-18(3)37)32(34-24)22-9-5-7-11-25(22)36-28(38)21-8-4-6-10-23(21)33-31(32)36/h4-15,17,24,26-27,34H,16H2,1-3H3/t24-,26-,27+,32+/m0/s1. The second kappa shape index (κ2) is 8.94. The molecule has 0 saturated carbocycles. The lowest BCUT2D eigenvalue weighted by atomic mass is 9.75. The zero-order valence-corrected chi connectivity index (χ0v) is 22.8. The zero-order valence-electron chi connectivity index (χ0n) is 22.8. The number of rotatable bonds is 4. The first-order valence-corrected chi connectivity index (χ1v) is 13.8. The molecule has 2 saturated heterocycles. The van der Waals surface area contributed by atoms with Crippen LogP contribution in [-0.4, -0.2) is 33.4 Å². The number of amides is 2. The maximum atomic E-state index is 14.5. The molecule has 2 fully saturated rings. The maximum Gasteiger partial charge on any atom is 0.308 e. The van der Waals surface area contributed by atoms with Gasteiger partial charge in [-0.05, 0) is 54.8 Å². The monoisotopic (exact) mass is 548 g/mol. The lowest BCUT2D eigenvalue weighted by Gasteiger charge is -2.32. The minimum Gasteiger partial charge on any atom is -0.427 e. The summed E-state index contributed by atoms with van der Waals surface area (Å²) >= 11 is 0. The van der Waals surface area contributed by atoms with Gasteiger partial charge in [-0.25, -0.2) is 9.88 Å². The van der Waals surface area contributed by atoms with Gasteiger partial charge in [0.05, 0.1) is 34.1 Å². The van der Waals surface area contributed by atoms with Crippen molar-refractivity contribution in [2.75, 3.05) is 4.90 Å². The molecule has 4 aromatic rings. The van der Waals surface area contributed by atoms with Gasteiger partial charge in [0, 0.05) is 18.5 Å². The Labute approximate surface area is 235 Å². The molecule has 206 valence electrons. The van der Waals surface area contributed by atoms with E-state index in [1.807, 2.05) is 30.3 Å². The number of hydrogen-bond donors (Lipinski definition) is 1. The van der Waals surface area contributed by atoms with E-state index in [1.54, 1.807) is 47.0 Å². The first-order chi connectivity index (χ1) is 19.7. The minimum atomic E-state index is -1.18. The van der Waals surface area contributed by atoms with Crippen LogP contribution < -0.4 is 20.5 Å². The molecular weight excluding hydrogens is 520 g/mol. The van der Waals surface area contributed by atoms with Crippen LogP contribution in [-0.2, 0) is 19.9 Å². The van der Waals surface area contributed by atoms with Crippen molar-refractivity contribution in [3.8, 4) is 11.4 Å². The summed E-state index contributed by atoms with van der Waals surface area (Å²) in [5, 5.41) is 4.21. The highest BCUT2D eigenvalue weighted by molar-refractivity contribution is 6.23. The number of benzene rings is 3. The quantitative estimate of drug-likeness (QED) is 0.235. The number of nitrogens with zero attached hydrogens (tertiary/aromatic N) is 3. The smallest absolute Gasteiger partial charge is 0.308 e. The number of aromatic nitrogens is 2. The highest BCUT2D eigenvalue weighted by atomic mass is 16.5. The molecule has 3 aliphatic rings. The molecule has 1 aromatic heterocycles. The van der Waals surface area contributed by atoms with Gasteiger partial charge in [0.1, 0.15) is 17.1 Å². The summed E-state index contributed by atoms with van der Waals surface area (Å²) in [4.78, 5) is 60.2. The molecular formula is C32H28N4O5. The molecule has 41 heavy (non-hydrogen) atoms. The van der Waals surface area contributed by atoms with E-state index in [2.05, 4.69) is 19.2 Å². The molecule has 4 heterocycles. The maximum absolute atomic E-state index is 14.5. The van der Waals surface area contributed by atoms with Crippen LogP contribution in [0.5, 0.6) is 5.75 Å². The van der Waals surface area contributed by atoms with Crippen molar-refractivity contribution in [3.63, 3.8) is 0 Å². The Hall–Kier alpha value is -4.63. The van der Waals surface area contributed by atoms with Crippen LogP contribution in [0.25, 0.3) is 16.6 Å². The Kier molecular flexibility index (Phi) is 5.53. The number of para-hydroxylation sites is 2. The second-order valence-electron chi connectivity index (χ2n) is 11.4. The summed E-state index contributed by atoms with van der Waals surface area (Å²) in [6, 6.07) is 20.7. The predicted octanol–water partition coefficient (Wildman–Crippen LogP) is 3.69. The van der Waals surface area contributed by atoms with Crippen LogP contribution in [0.4, 0.5) is 5.69 Å². The van der Waals surface area contributed by atoms with Crippen molar-refractivity contribution in [1.82, 2.24) is 14.9 Å². The molecule has 4 atom stereocenters. The Morgan fingerprint density at radius 3 is 2.41 bits per heavy atom. The fourth-order valence-electron chi connectivity index (χ4n) is 7.01. The molecule has 9 heteroatoms. The Balaban J connectivity index is 1.45. The van der Waals surface area contributed by atoms with Gasteiger partial charge in [-0.2, -0.15) is 0 Å². The molecule has 0 bridgehead atoms. The Bertz CT molecular complexity index is 1830. The number of carbonyl (C=O) groups excluding carboxylic acids is 3. The van der Waals surface area contributed by atoms with Crippen molar-refractivity contribution < 1.29 is 19.1 Å². The summed E-state index contributed by atoms with van der Waals surface area (Å²) in [6.45, 7) is 5.48. The van der Waals surface area contributed by atoms with E-state index < -0.39 is 23.3 Å². The topological polar surface area (TPSA) is 111 Å². The Morgan fingerprint density at radius 2 is 1.68 bits per heavy atom. The van der Waals surface area contributed by atoms with Gasteiger partial charge in [-0.1, -0.05) is 44.2 Å². The lowest BCUT2D eigenvalue weighted by Crippen LogP contribution is -2.50. The number of hydrogen-bond acceptors (Lipinski definition) is 7. The third-order valence-electron chi connectivity index (χ3n) is 8.44. The first-order valence-electron chi connectivity index (χ1n) is 13.8. The van der Waals surface area contributed by atoms with E-state index in [4.69, 9.17) is 9.72 Å². The van der Waals surface area contributed by atoms with Crippen molar-refractivity contribution in [3.05, 3.63) is 94.5 Å². The highest BCUT2D eigenvalue weighted by Gasteiger charge is 2.69. The predicted molar refractivity (Wildman–Crippen MR) is 152 cm³/mol. The molecule has 1 spiro atoms. The first kappa shape index (κ1) is 25.3.